The number of carbonyl (C=O) groups is 1. The first-order valence-electron chi connectivity index (χ1n) is 5.59. The maximum atomic E-state index is 13.1. The van der Waals surface area contributed by atoms with E-state index in [0.29, 0.717) is 11.7 Å². The van der Waals surface area contributed by atoms with Crippen LogP contribution in [0.5, 0.6) is 0 Å². The third-order valence-corrected chi connectivity index (χ3v) is 2.69. The van der Waals surface area contributed by atoms with Crippen molar-refractivity contribution in [2.75, 3.05) is 12.4 Å². The Morgan fingerprint density at radius 2 is 2.06 bits per heavy atom. The van der Waals surface area contributed by atoms with Crippen LogP contribution in [-0.2, 0) is 0 Å². The number of nitrogens with zero attached hydrogens (tertiary/aromatic N) is 1. The summed E-state index contributed by atoms with van der Waals surface area (Å²) in [5, 5.41) is 5.58. The van der Waals surface area contributed by atoms with Crippen molar-refractivity contribution in [2.45, 2.75) is 26.8 Å². The molecule has 0 bridgehead atoms. The highest BCUT2D eigenvalue weighted by molar-refractivity contribution is 5.98. The summed E-state index contributed by atoms with van der Waals surface area (Å²) in [6.07, 6.45) is 1.08. The Morgan fingerprint density at radius 1 is 1.41 bits per heavy atom. The van der Waals surface area contributed by atoms with Crippen LogP contribution in [0.25, 0.3) is 0 Å². The molecule has 0 aliphatic rings. The van der Waals surface area contributed by atoms with Crippen molar-refractivity contribution >= 4 is 11.7 Å². The van der Waals surface area contributed by atoms with Crippen molar-refractivity contribution in [3.63, 3.8) is 0 Å². The maximum Gasteiger partial charge on any atom is 0.255 e. The lowest BCUT2D eigenvalue weighted by molar-refractivity contribution is 0.0930. The molecular weight excluding hydrogens is 221 g/mol. The zero-order chi connectivity index (χ0) is 13.0. The van der Waals surface area contributed by atoms with E-state index >= 15 is 0 Å². The molecule has 5 heteroatoms. The molecule has 0 saturated heterocycles. The molecule has 1 heterocycles. The molecule has 0 aliphatic heterocycles. The highest BCUT2D eigenvalue weighted by Crippen LogP contribution is 2.13. The quantitative estimate of drug-likeness (QED) is 0.845. The minimum Gasteiger partial charge on any atom is -0.372 e. The second-order valence-electron chi connectivity index (χ2n) is 4.31. The predicted octanol–water partition coefficient (Wildman–Crippen LogP) is 2.04. The molecular formula is C12H18FN3O. The van der Waals surface area contributed by atoms with E-state index in [9.17, 15) is 9.18 Å². The zero-order valence-corrected chi connectivity index (χ0v) is 10.5. The second-order valence-corrected chi connectivity index (χ2v) is 4.31. The summed E-state index contributed by atoms with van der Waals surface area (Å²) in [6, 6.07) is 1.21. The van der Waals surface area contributed by atoms with Crippen LogP contribution in [0.2, 0.25) is 0 Å². The van der Waals surface area contributed by atoms with Crippen LogP contribution < -0.4 is 10.6 Å². The van der Waals surface area contributed by atoms with Crippen LogP contribution in [-0.4, -0.2) is 24.0 Å². The van der Waals surface area contributed by atoms with Gasteiger partial charge in [-0.15, -0.1) is 0 Å². The Kier molecular flexibility index (Phi) is 4.43. The molecule has 1 rings (SSSR count). The van der Waals surface area contributed by atoms with Gasteiger partial charge in [-0.1, -0.05) is 13.8 Å². The van der Waals surface area contributed by atoms with Crippen molar-refractivity contribution in [1.29, 1.82) is 0 Å². The SMILES string of the molecule is CNc1ncc(F)cc1C(=O)NC(C)C(C)C. The highest BCUT2D eigenvalue weighted by Gasteiger charge is 2.16. The van der Waals surface area contributed by atoms with Gasteiger partial charge in [-0.3, -0.25) is 4.79 Å². The number of anilines is 1. The summed E-state index contributed by atoms with van der Waals surface area (Å²) in [5.41, 5.74) is 0.222. The fraction of sp³-hybridized carbons (Fsp3) is 0.500. The van der Waals surface area contributed by atoms with Gasteiger partial charge in [-0.05, 0) is 18.9 Å². The van der Waals surface area contributed by atoms with Gasteiger partial charge in [-0.2, -0.15) is 0 Å². The Hall–Kier alpha value is -1.65. The van der Waals surface area contributed by atoms with Crippen molar-refractivity contribution in [1.82, 2.24) is 10.3 Å². The van der Waals surface area contributed by atoms with E-state index in [4.69, 9.17) is 0 Å². The lowest BCUT2D eigenvalue weighted by Crippen LogP contribution is -2.36. The first-order chi connectivity index (χ1) is 7.95. The molecule has 2 N–H and O–H groups in total. The summed E-state index contributed by atoms with van der Waals surface area (Å²) in [7, 11) is 1.64. The average molecular weight is 239 g/mol. The van der Waals surface area contributed by atoms with Crippen LogP contribution in [0, 0.1) is 11.7 Å². The number of pyridine rings is 1. The molecule has 0 spiro atoms. The summed E-state index contributed by atoms with van der Waals surface area (Å²) in [5.74, 6) is -0.146. The van der Waals surface area contributed by atoms with E-state index in [1.807, 2.05) is 20.8 Å². The minimum absolute atomic E-state index is 0.0236. The van der Waals surface area contributed by atoms with Gasteiger partial charge < -0.3 is 10.6 Å². The fourth-order valence-electron chi connectivity index (χ4n) is 1.26. The number of halogens is 1. The topological polar surface area (TPSA) is 54.0 Å². The molecule has 1 unspecified atom stereocenters. The third-order valence-electron chi connectivity index (χ3n) is 2.69. The Bertz CT molecular complexity index is 407. The van der Waals surface area contributed by atoms with E-state index in [0.717, 1.165) is 6.20 Å². The number of rotatable bonds is 4. The van der Waals surface area contributed by atoms with Crippen molar-refractivity contribution in [3.8, 4) is 0 Å². The van der Waals surface area contributed by atoms with E-state index in [1.165, 1.54) is 6.07 Å². The van der Waals surface area contributed by atoms with E-state index in [1.54, 1.807) is 7.05 Å². The van der Waals surface area contributed by atoms with Crippen LogP contribution >= 0.6 is 0 Å². The number of hydrogen-bond donors (Lipinski definition) is 2. The van der Waals surface area contributed by atoms with Gasteiger partial charge in [-0.25, -0.2) is 9.37 Å². The fourth-order valence-corrected chi connectivity index (χ4v) is 1.26. The molecule has 0 fully saturated rings. The molecule has 4 nitrogen and oxygen atoms in total. The van der Waals surface area contributed by atoms with Gasteiger partial charge in [0.05, 0.1) is 11.8 Å². The van der Waals surface area contributed by atoms with Crippen LogP contribution in [0.15, 0.2) is 12.3 Å². The lowest BCUT2D eigenvalue weighted by atomic mass is 10.1. The molecule has 1 amide bonds. The monoisotopic (exact) mass is 239 g/mol. The molecule has 1 atom stereocenters. The number of carbonyl (C=O) groups excluding carboxylic acids is 1. The van der Waals surface area contributed by atoms with Gasteiger partial charge in [0.1, 0.15) is 11.6 Å². The Balaban J connectivity index is 2.91. The molecule has 1 aromatic rings. The number of amides is 1. The van der Waals surface area contributed by atoms with Crippen molar-refractivity contribution < 1.29 is 9.18 Å². The number of nitrogens with one attached hydrogen (secondary N) is 2. The van der Waals surface area contributed by atoms with Gasteiger partial charge in [0, 0.05) is 13.1 Å². The molecule has 0 aromatic carbocycles. The minimum atomic E-state index is -0.522. The van der Waals surface area contributed by atoms with Gasteiger partial charge in [0.2, 0.25) is 0 Å². The predicted molar refractivity (Wildman–Crippen MR) is 65.5 cm³/mol. The lowest BCUT2D eigenvalue weighted by Gasteiger charge is -2.18. The van der Waals surface area contributed by atoms with E-state index in [2.05, 4.69) is 15.6 Å². The van der Waals surface area contributed by atoms with Crippen molar-refractivity contribution in [2.24, 2.45) is 5.92 Å². The smallest absolute Gasteiger partial charge is 0.255 e. The van der Waals surface area contributed by atoms with Gasteiger partial charge in [0.15, 0.2) is 0 Å². The number of aromatic nitrogens is 1. The van der Waals surface area contributed by atoms with Crippen LogP contribution in [0.4, 0.5) is 10.2 Å². The largest absolute Gasteiger partial charge is 0.372 e. The summed E-state index contributed by atoms with van der Waals surface area (Å²) < 4.78 is 13.1. The molecule has 94 valence electrons. The zero-order valence-electron chi connectivity index (χ0n) is 10.5. The first-order valence-corrected chi connectivity index (χ1v) is 5.59. The Morgan fingerprint density at radius 3 is 2.59 bits per heavy atom. The van der Waals surface area contributed by atoms with E-state index in [-0.39, 0.29) is 17.5 Å². The third kappa shape index (κ3) is 3.41. The Labute approximate surface area is 101 Å². The van der Waals surface area contributed by atoms with Gasteiger partial charge in [0.25, 0.3) is 5.91 Å². The summed E-state index contributed by atoms with van der Waals surface area (Å²) >= 11 is 0. The number of hydrogen-bond acceptors (Lipinski definition) is 3. The molecule has 17 heavy (non-hydrogen) atoms. The average Bonchev–Trinajstić information content (AvgIpc) is 2.28. The highest BCUT2D eigenvalue weighted by atomic mass is 19.1. The van der Waals surface area contributed by atoms with Crippen LogP contribution in [0.1, 0.15) is 31.1 Å². The van der Waals surface area contributed by atoms with Crippen LogP contribution in [0.3, 0.4) is 0 Å². The summed E-state index contributed by atoms with van der Waals surface area (Å²) in [6.45, 7) is 5.93. The second kappa shape index (κ2) is 5.61. The normalized spacial score (nSPS) is 12.4. The molecule has 0 saturated carbocycles. The van der Waals surface area contributed by atoms with E-state index < -0.39 is 5.82 Å². The maximum absolute atomic E-state index is 13.1. The van der Waals surface area contributed by atoms with Crippen molar-refractivity contribution in [3.05, 3.63) is 23.6 Å². The molecule has 0 aliphatic carbocycles. The molecule has 0 radical (unpaired) electrons. The molecule has 1 aromatic heterocycles. The summed E-state index contributed by atoms with van der Waals surface area (Å²) in [4.78, 5) is 15.8. The van der Waals surface area contributed by atoms with Gasteiger partial charge >= 0.3 is 0 Å². The first kappa shape index (κ1) is 13.4. The standard InChI is InChI=1S/C12H18FN3O/c1-7(2)8(3)16-12(17)10-5-9(13)6-15-11(10)14-4/h5-8H,1-4H3,(H,14,15)(H,16,17).